The third kappa shape index (κ3) is 6.85. The maximum atomic E-state index is 9.60. The summed E-state index contributed by atoms with van der Waals surface area (Å²) in [6.45, 7) is 4.60. The van der Waals surface area contributed by atoms with Crippen molar-refractivity contribution in [3.8, 4) is 0 Å². The van der Waals surface area contributed by atoms with E-state index >= 15 is 0 Å². The van der Waals surface area contributed by atoms with Gasteiger partial charge in [-0.2, -0.15) is 0 Å². The minimum atomic E-state index is -0.935. The summed E-state index contributed by atoms with van der Waals surface area (Å²) in [6.07, 6.45) is 0. The molecule has 36 valence electrons. The topological polar surface area (TPSA) is 37.3 Å². The van der Waals surface area contributed by atoms with Gasteiger partial charge in [-0.15, -0.1) is 0 Å². The molecule has 7 heavy (non-hydrogen) atoms. The largest absolute Gasteiger partial charge is 1.00 e. The van der Waals surface area contributed by atoms with Crippen molar-refractivity contribution in [1.29, 1.82) is 0 Å². The number of aliphatic carboxylic acids is 1. The maximum absolute atomic E-state index is 9.60. The van der Waals surface area contributed by atoms with Crippen LogP contribution in [0.3, 0.4) is 0 Å². The second kappa shape index (κ2) is 4.99. The van der Waals surface area contributed by atoms with Gasteiger partial charge in [0.15, 0.2) is 0 Å². The molecular formula is C4H7KO2. The number of hydrogen-bond donors (Lipinski definition) is 1. The van der Waals surface area contributed by atoms with Crippen molar-refractivity contribution in [2.75, 3.05) is 0 Å². The van der Waals surface area contributed by atoms with Crippen LogP contribution >= 0.6 is 0 Å². The summed E-state index contributed by atoms with van der Waals surface area (Å²) in [6, 6.07) is 0. The summed E-state index contributed by atoms with van der Waals surface area (Å²) in [5.74, 6) is -0.935. The minimum absolute atomic E-state index is 0. The number of carboxylic acids is 1. The average molecular weight is 126 g/mol. The molecule has 0 spiro atoms. The Kier molecular flexibility index (Phi) is 7.67. The summed E-state index contributed by atoms with van der Waals surface area (Å²) < 4.78 is 0. The van der Waals surface area contributed by atoms with E-state index in [0.29, 0.717) is 0 Å². The summed E-state index contributed by atoms with van der Waals surface area (Å²) in [5.41, 5.74) is 0.176. The zero-order chi connectivity index (χ0) is 5.15. The Labute approximate surface area is 86.5 Å². The van der Waals surface area contributed by atoms with Gasteiger partial charge >= 0.3 is 57.4 Å². The molecule has 0 rings (SSSR count). The maximum Gasteiger partial charge on any atom is 1.00 e. The van der Waals surface area contributed by atoms with Gasteiger partial charge < -0.3 is 6.53 Å². The molecule has 0 aromatic carbocycles. The normalized spacial score (nSPS) is 6.43. The zero-order valence-corrected chi connectivity index (χ0v) is 7.69. The molecule has 2 nitrogen and oxygen atoms in total. The van der Waals surface area contributed by atoms with Gasteiger partial charge in [0, 0.05) is 5.57 Å². The van der Waals surface area contributed by atoms with Crippen LogP contribution < -0.4 is 51.4 Å². The fraction of sp³-hybridized carbons (Fsp3) is 0.250. The van der Waals surface area contributed by atoms with Crippen LogP contribution in [0.2, 0.25) is 0 Å². The van der Waals surface area contributed by atoms with E-state index in [2.05, 4.69) is 6.58 Å². The summed E-state index contributed by atoms with van der Waals surface area (Å²) >= 11 is 0. The molecule has 0 aromatic rings. The number of rotatable bonds is 1. The Morgan fingerprint density at radius 3 is 2.00 bits per heavy atom. The van der Waals surface area contributed by atoms with E-state index in [0.717, 1.165) is 0 Å². The van der Waals surface area contributed by atoms with Crippen molar-refractivity contribution in [3.63, 3.8) is 0 Å². The Hall–Kier alpha value is 0.846. The van der Waals surface area contributed by atoms with E-state index in [1.807, 2.05) is 0 Å². The van der Waals surface area contributed by atoms with Gasteiger partial charge in [-0.25, -0.2) is 4.79 Å². The second-order valence-corrected chi connectivity index (χ2v) is 1.09. The first-order valence-electron chi connectivity index (χ1n) is 1.53. The molecule has 0 heterocycles. The van der Waals surface area contributed by atoms with Gasteiger partial charge in [0.2, 0.25) is 0 Å². The summed E-state index contributed by atoms with van der Waals surface area (Å²) in [7, 11) is 0. The predicted molar refractivity (Wildman–Crippen MR) is 23.6 cm³/mol. The van der Waals surface area contributed by atoms with E-state index in [9.17, 15) is 4.79 Å². The van der Waals surface area contributed by atoms with E-state index in [4.69, 9.17) is 5.11 Å². The van der Waals surface area contributed by atoms with Crippen molar-refractivity contribution < 1.29 is 62.7 Å². The molecular weight excluding hydrogens is 119 g/mol. The fourth-order valence-electron chi connectivity index (χ4n) is 0. The Morgan fingerprint density at radius 1 is 1.86 bits per heavy atom. The molecule has 0 aromatic heterocycles. The number of carboxylic acid groups (broad SMARTS) is 1. The first-order chi connectivity index (χ1) is 2.64. The third-order valence-corrected chi connectivity index (χ3v) is 0.365. The number of hydrogen-bond acceptors (Lipinski definition) is 1. The van der Waals surface area contributed by atoms with Gasteiger partial charge in [-0.05, 0) is 6.92 Å². The van der Waals surface area contributed by atoms with Crippen LogP contribution in [-0.2, 0) is 4.79 Å². The van der Waals surface area contributed by atoms with E-state index in [1.54, 1.807) is 0 Å². The van der Waals surface area contributed by atoms with Crippen LogP contribution in [0.15, 0.2) is 12.2 Å². The second-order valence-electron chi connectivity index (χ2n) is 1.09. The van der Waals surface area contributed by atoms with Crippen LogP contribution in [0.1, 0.15) is 8.35 Å². The van der Waals surface area contributed by atoms with Crippen molar-refractivity contribution in [2.45, 2.75) is 6.92 Å². The average Bonchev–Trinajstić information content (AvgIpc) is 1.36. The van der Waals surface area contributed by atoms with Crippen molar-refractivity contribution in [2.24, 2.45) is 0 Å². The molecule has 0 amide bonds. The monoisotopic (exact) mass is 126 g/mol. The Bertz CT molecular complexity index is 80.0. The minimum Gasteiger partial charge on any atom is -1.00 e. The standard InChI is InChI=1S/C4H6O2.K.H/c1-3(2)4(5)6;;/h1H2,2H3,(H,5,6);;/q;+1;-1. The molecule has 0 fully saturated rings. The van der Waals surface area contributed by atoms with Gasteiger partial charge in [0.25, 0.3) is 0 Å². The van der Waals surface area contributed by atoms with E-state index in [1.165, 1.54) is 6.92 Å². The molecule has 0 aliphatic rings. The fourth-order valence-corrected chi connectivity index (χ4v) is 0. The quantitative estimate of drug-likeness (QED) is 0.319. The molecule has 0 atom stereocenters. The van der Waals surface area contributed by atoms with Crippen LogP contribution in [0.5, 0.6) is 0 Å². The molecule has 0 unspecified atom stereocenters. The van der Waals surface area contributed by atoms with Gasteiger partial charge in [0.1, 0.15) is 0 Å². The predicted octanol–water partition coefficient (Wildman–Crippen LogP) is -2.24. The summed E-state index contributed by atoms with van der Waals surface area (Å²) in [4.78, 5) is 9.60. The molecule has 1 N–H and O–H groups in total. The molecule has 0 bridgehead atoms. The molecule has 0 aliphatic carbocycles. The van der Waals surface area contributed by atoms with E-state index in [-0.39, 0.29) is 58.4 Å². The molecule has 0 saturated heterocycles. The smallest absolute Gasteiger partial charge is 1.00 e. The van der Waals surface area contributed by atoms with Gasteiger partial charge in [-0.3, -0.25) is 0 Å². The SMILES string of the molecule is C=C(C)C(=O)O.[H-].[K+]. The summed E-state index contributed by atoms with van der Waals surface area (Å²) in [5, 5.41) is 7.89. The zero-order valence-electron chi connectivity index (χ0n) is 5.56. The number of carbonyl (C=O) groups is 1. The van der Waals surface area contributed by atoms with Gasteiger partial charge in [-0.1, -0.05) is 6.58 Å². The third-order valence-electron chi connectivity index (χ3n) is 0.365. The van der Waals surface area contributed by atoms with Crippen molar-refractivity contribution in [3.05, 3.63) is 12.2 Å². The van der Waals surface area contributed by atoms with Gasteiger partial charge in [0.05, 0.1) is 0 Å². The molecule has 0 aliphatic heterocycles. The van der Waals surface area contributed by atoms with Crippen molar-refractivity contribution in [1.82, 2.24) is 0 Å². The molecule has 0 saturated carbocycles. The van der Waals surface area contributed by atoms with Crippen molar-refractivity contribution >= 4 is 5.97 Å². The first-order valence-corrected chi connectivity index (χ1v) is 1.53. The van der Waals surface area contributed by atoms with E-state index < -0.39 is 5.97 Å². The Morgan fingerprint density at radius 2 is 2.00 bits per heavy atom. The van der Waals surface area contributed by atoms with Crippen LogP contribution in [0.25, 0.3) is 0 Å². The Balaban J connectivity index is -0.000000125. The van der Waals surface area contributed by atoms with Crippen LogP contribution in [-0.4, -0.2) is 11.1 Å². The van der Waals surface area contributed by atoms with Crippen LogP contribution in [0.4, 0.5) is 0 Å². The molecule has 0 radical (unpaired) electrons. The van der Waals surface area contributed by atoms with Crippen LogP contribution in [0, 0.1) is 0 Å². The first kappa shape index (κ1) is 10.8. The molecule has 3 heteroatoms.